The van der Waals surface area contributed by atoms with Gasteiger partial charge in [-0.1, -0.05) is 52.0 Å². The normalized spacial score (nSPS) is 19.0. The molecule has 0 saturated carbocycles. The number of hydrogen-bond acceptors (Lipinski definition) is 3. The topological polar surface area (TPSA) is 41.6 Å². The summed E-state index contributed by atoms with van der Waals surface area (Å²) < 4.78 is 6.05. The van der Waals surface area contributed by atoms with Gasteiger partial charge in [0.25, 0.3) is 0 Å². The number of rotatable bonds is 5. The second-order valence-corrected chi connectivity index (χ2v) is 10.0. The molecule has 1 aliphatic heterocycles. The fraction of sp³-hybridized carbons (Fsp3) is 0.407. The lowest BCUT2D eigenvalue weighted by Gasteiger charge is -2.41. The van der Waals surface area contributed by atoms with Crippen LogP contribution in [0.4, 0.5) is 0 Å². The number of nitrogens with zero attached hydrogens (tertiary/aromatic N) is 1. The second kappa shape index (κ2) is 9.07. The Hall–Kier alpha value is -2.66. The van der Waals surface area contributed by atoms with Crippen molar-refractivity contribution in [1.82, 2.24) is 10.2 Å². The van der Waals surface area contributed by atoms with E-state index in [0.29, 0.717) is 11.5 Å². The highest BCUT2D eigenvalue weighted by molar-refractivity contribution is 7.80. The minimum Gasteiger partial charge on any atom is -0.457 e. The third kappa shape index (κ3) is 4.58. The largest absolute Gasteiger partial charge is 0.457 e. The lowest BCUT2D eigenvalue weighted by molar-refractivity contribution is -0.116. The van der Waals surface area contributed by atoms with Crippen LogP contribution in [0.25, 0.3) is 0 Å². The quantitative estimate of drug-likeness (QED) is 0.534. The number of ketones is 1. The highest BCUT2D eigenvalue weighted by atomic mass is 32.1. The summed E-state index contributed by atoms with van der Waals surface area (Å²) in [4.78, 5) is 15.0. The first kappa shape index (κ1) is 22.5. The van der Waals surface area contributed by atoms with Gasteiger partial charge in [0.15, 0.2) is 10.9 Å². The third-order valence-electron chi connectivity index (χ3n) is 6.17. The third-order valence-corrected chi connectivity index (χ3v) is 6.51. The standard InChI is InChI=1S/C27H32N2O2S/c1-5-17-29-22-7-6-8-23(30)24(22)25(28-26(29)32)18-9-13-20(14-10-18)31-21-15-11-19(12-16-21)27(2,3)4/h9-16,25H,5-8,17H2,1-4H3,(H,28,32). The SMILES string of the molecule is CCCN1C(=S)NC(c2ccc(Oc3ccc(C(C)(C)C)cc3)cc2)C2=C1CCCC2=O. The summed E-state index contributed by atoms with van der Waals surface area (Å²) in [6.45, 7) is 9.57. The molecule has 168 valence electrons. The molecule has 5 heteroatoms. The number of ether oxygens (including phenoxy) is 1. The molecule has 0 saturated heterocycles. The zero-order chi connectivity index (χ0) is 22.9. The van der Waals surface area contributed by atoms with Gasteiger partial charge in [0.2, 0.25) is 0 Å². The second-order valence-electron chi connectivity index (χ2n) is 9.62. The molecule has 1 N–H and O–H groups in total. The van der Waals surface area contributed by atoms with Crippen LogP contribution in [0.2, 0.25) is 0 Å². The summed E-state index contributed by atoms with van der Waals surface area (Å²) in [5.41, 5.74) is 4.41. The van der Waals surface area contributed by atoms with E-state index in [2.05, 4.69) is 50.0 Å². The van der Waals surface area contributed by atoms with Crippen LogP contribution in [-0.4, -0.2) is 22.3 Å². The molecule has 0 aromatic heterocycles. The van der Waals surface area contributed by atoms with Crippen LogP contribution in [-0.2, 0) is 10.2 Å². The highest BCUT2D eigenvalue weighted by Crippen LogP contribution is 2.38. The summed E-state index contributed by atoms with van der Waals surface area (Å²) in [6.07, 6.45) is 3.40. The predicted molar refractivity (Wildman–Crippen MR) is 133 cm³/mol. The molecule has 0 amide bonds. The van der Waals surface area contributed by atoms with Crippen molar-refractivity contribution in [3.05, 3.63) is 70.9 Å². The lowest BCUT2D eigenvalue weighted by atomic mass is 9.85. The van der Waals surface area contributed by atoms with E-state index in [1.54, 1.807) is 0 Å². The van der Waals surface area contributed by atoms with Gasteiger partial charge in [-0.25, -0.2) is 0 Å². The fourth-order valence-corrected chi connectivity index (χ4v) is 4.77. The van der Waals surface area contributed by atoms with E-state index < -0.39 is 0 Å². The van der Waals surface area contributed by atoms with Crippen molar-refractivity contribution >= 4 is 23.1 Å². The zero-order valence-electron chi connectivity index (χ0n) is 19.4. The number of thiocarbonyl (C=S) groups is 1. The van der Waals surface area contributed by atoms with Crippen LogP contribution in [0.5, 0.6) is 11.5 Å². The minimum atomic E-state index is -0.196. The maximum Gasteiger partial charge on any atom is 0.173 e. The number of hydrogen-bond donors (Lipinski definition) is 1. The van der Waals surface area contributed by atoms with Gasteiger partial charge in [0.1, 0.15) is 11.5 Å². The van der Waals surface area contributed by atoms with Gasteiger partial charge >= 0.3 is 0 Å². The lowest BCUT2D eigenvalue weighted by Crippen LogP contribution is -2.49. The van der Waals surface area contributed by atoms with E-state index in [1.807, 2.05) is 36.4 Å². The monoisotopic (exact) mass is 448 g/mol. The number of carbonyl (C=O) groups is 1. The minimum absolute atomic E-state index is 0.116. The van der Waals surface area contributed by atoms with Crippen molar-refractivity contribution in [3.63, 3.8) is 0 Å². The summed E-state index contributed by atoms with van der Waals surface area (Å²) in [7, 11) is 0. The highest BCUT2D eigenvalue weighted by Gasteiger charge is 2.36. The first-order chi connectivity index (χ1) is 15.3. The molecule has 32 heavy (non-hydrogen) atoms. The number of Topliss-reactive ketones (excluding diaryl/α,β-unsaturated/α-hetero) is 1. The van der Waals surface area contributed by atoms with Crippen LogP contribution in [0.15, 0.2) is 59.8 Å². The molecule has 2 aliphatic rings. The van der Waals surface area contributed by atoms with Crippen LogP contribution in [0.1, 0.15) is 70.5 Å². The Morgan fingerprint density at radius 1 is 1.03 bits per heavy atom. The summed E-state index contributed by atoms with van der Waals surface area (Å²) in [5.74, 6) is 1.81. The summed E-state index contributed by atoms with van der Waals surface area (Å²) >= 11 is 5.67. The predicted octanol–water partition coefficient (Wildman–Crippen LogP) is 6.42. The number of nitrogens with one attached hydrogen (secondary N) is 1. The van der Waals surface area contributed by atoms with Gasteiger partial charge in [-0.15, -0.1) is 0 Å². The van der Waals surface area contributed by atoms with Crippen molar-refractivity contribution in [3.8, 4) is 11.5 Å². The van der Waals surface area contributed by atoms with Gasteiger partial charge in [0, 0.05) is 24.2 Å². The Kier molecular flexibility index (Phi) is 6.38. The molecule has 0 radical (unpaired) electrons. The van der Waals surface area contributed by atoms with Crippen LogP contribution < -0.4 is 10.1 Å². The Bertz CT molecular complexity index is 1030. The van der Waals surface area contributed by atoms with Crippen molar-refractivity contribution in [1.29, 1.82) is 0 Å². The Morgan fingerprint density at radius 3 is 2.25 bits per heavy atom. The first-order valence-corrected chi connectivity index (χ1v) is 11.9. The van der Waals surface area contributed by atoms with Crippen LogP contribution >= 0.6 is 12.2 Å². The van der Waals surface area contributed by atoms with E-state index in [1.165, 1.54) is 5.56 Å². The Morgan fingerprint density at radius 2 is 1.66 bits per heavy atom. The number of benzene rings is 2. The number of carbonyl (C=O) groups excluding carboxylic acids is 1. The molecule has 0 spiro atoms. The van der Waals surface area contributed by atoms with Gasteiger partial charge in [-0.3, -0.25) is 4.79 Å². The van der Waals surface area contributed by atoms with Crippen molar-refractivity contribution in [2.45, 2.75) is 64.8 Å². The average molecular weight is 449 g/mol. The molecule has 1 unspecified atom stereocenters. The Balaban J connectivity index is 1.56. The van der Waals surface area contributed by atoms with Crippen molar-refractivity contribution in [2.24, 2.45) is 0 Å². The van der Waals surface area contributed by atoms with E-state index in [9.17, 15) is 4.79 Å². The molecule has 1 atom stereocenters. The number of allylic oxidation sites excluding steroid dienone is 1. The molecule has 2 aromatic carbocycles. The molecule has 2 aromatic rings. The smallest absolute Gasteiger partial charge is 0.173 e. The maximum atomic E-state index is 12.9. The average Bonchev–Trinajstić information content (AvgIpc) is 2.76. The van der Waals surface area contributed by atoms with Crippen LogP contribution in [0, 0.1) is 0 Å². The molecular formula is C27H32N2O2S. The van der Waals surface area contributed by atoms with E-state index in [0.717, 1.165) is 54.1 Å². The molecule has 1 heterocycles. The fourth-order valence-electron chi connectivity index (χ4n) is 4.45. The van der Waals surface area contributed by atoms with Crippen LogP contribution in [0.3, 0.4) is 0 Å². The van der Waals surface area contributed by atoms with Gasteiger partial charge in [-0.2, -0.15) is 0 Å². The van der Waals surface area contributed by atoms with E-state index in [4.69, 9.17) is 17.0 Å². The Labute approximate surface area is 196 Å². The van der Waals surface area contributed by atoms with Gasteiger partial charge in [0.05, 0.1) is 6.04 Å². The molecule has 0 fully saturated rings. The summed E-state index contributed by atoms with van der Waals surface area (Å²) in [6, 6.07) is 16.0. The molecule has 1 aliphatic carbocycles. The molecule has 4 nitrogen and oxygen atoms in total. The summed E-state index contributed by atoms with van der Waals surface area (Å²) in [5, 5.41) is 4.14. The zero-order valence-corrected chi connectivity index (χ0v) is 20.2. The van der Waals surface area contributed by atoms with Gasteiger partial charge in [-0.05, 0) is 72.3 Å². The van der Waals surface area contributed by atoms with E-state index >= 15 is 0 Å². The first-order valence-electron chi connectivity index (χ1n) is 11.5. The molecule has 4 rings (SSSR count). The van der Waals surface area contributed by atoms with Crippen molar-refractivity contribution < 1.29 is 9.53 Å². The van der Waals surface area contributed by atoms with Crippen molar-refractivity contribution in [2.75, 3.05) is 6.54 Å². The van der Waals surface area contributed by atoms with Gasteiger partial charge < -0.3 is 15.0 Å². The molecular weight excluding hydrogens is 416 g/mol. The van der Waals surface area contributed by atoms with E-state index in [-0.39, 0.29) is 17.2 Å². The molecule has 0 bridgehead atoms. The maximum absolute atomic E-state index is 12.9.